The Bertz CT molecular complexity index is 476. The minimum atomic E-state index is 0. The number of hydrogen-bond acceptors (Lipinski definition) is 2. The van der Waals surface area contributed by atoms with Crippen molar-refractivity contribution >= 4 is 56.1 Å². The predicted octanol–water partition coefficient (Wildman–Crippen LogP) is 3.15. The molecule has 5 heteroatoms. The number of benzene rings is 1. The fourth-order valence-corrected chi connectivity index (χ4v) is 3.07. The maximum absolute atomic E-state index is 9.71. The van der Waals surface area contributed by atoms with Gasteiger partial charge < -0.3 is 5.11 Å². The third kappa shape index (κ3) is 2.15. The van der Waals surface area contributed by atoms with Gasteiger partial charge in [0.2, 0.25) is 0 Å². The fraction of sp³-hybridized carbons (Fsp3) is 0. The molecule has 0 aliphatic heterocycles. The SMILES string of the molecule is Oc1c(I)cc(I)c2cccnc12.[Cu+2]. The van der Waals surface area contributed by atoms with Crippen molar-refractivity contribution < 1.29 is 22.2 Å². The Balaban J connectivity index is 0.000000980. The summed E-state index contributed by atoms with van der Waals surface area (Å²) in [6.45, 7) is 0. The van der Waals surface area contributed by atoms with E-state index in [1.807, 2.05) is 18.2 Å². The van der Waals surface area contributed by atoms with E-state index in [4.69, 9.17) is 0 Å². The maximum Gasteiger partial charge on any atom is 2.00 e. The topological polar surface area (TPSA) is 33.1 Å². The van der Waals surface area contributed by atoms with Gasteiger partial charge in [0, 0.05) is 15.2 Å². The van der Waals surface area contributed by atoms with Crippen LogP contribution in [0, 0.1) is 7.14 Å². The molecule has 1 heterocycles. The number of halogens is 2. The van der Waals surface area contributed by atoms with Crippen LogP contribution >= 0.6 is 45.2 Å². The standard InChI is InChI=1S/C9H5I2NO.Cu/c10-6-4-7(11)9(13)8-5(6)2-1-3-12-8;/h1-4,13H;/q;+2. The number of phenols is 1. The molecule has 0 unspecified atom stereocenters. The molecule has 14 heavy (non-hydrogen) atoms. The number of aromatic hydroxyl groups is 1. The van der Waals surface area contributed by atoms with Gasteiger partial charge in [-0.25, -0.2) is 0 Å². The number of fused-ring (bicyclic) bond motifs is 1. The molecule has 0 aliphatic rings. The van der Waals surface area contributed by atoms with E-state index < -0.39 is 0 Å². The van der Waals surface area contributed by atoms with Gasteiger partial charge in [0.25, 0.3) is 0 Å². The summed E-state index contributed by atoms with van der Waals surface area (Å²) < 4.78 is 1.95. The number of pyridine rings is 1. The van der Waals surface area contributed by atoms with Crippen molar-refractivity contribution in [1.29, 1.82) is 0 Å². The van der Waals surface area contributed by atoms with Crippen LogP contribution in [0.2, 0.25) is 0 Å². The Morgan fingerprint density at radius 2 is 1.93 bits per heavy atom. The summed E-state index contributed by atoms with van der Waals surface area (Å²) in [7, 11) is 0. The smallest absolute Gasteiger partial charge is 0.505 e. The minimum Gasteiger partial charge on any atom is -0.505 e. The van der Waals surface area contributed by atoms with E-state index in [0.29, 0.717) is 5.52 Å². The summed E-state index contributed by atoms with van der Waals surface area (Å²) >= 11 is 4.35. The molecule has 75 valence electrons. The molecule has 0 aliphatic carbocycles. The summed E-state index contributed by atoms with van der Waals surface area (Å²) in [6.07, 6.45) is 1.69. The third-order valence-corrected chi connectivity index (χ3v) is 3.48. The van der Waals surface area contributed by atoms with Crippen LogP contribution in [0.5, 0.6) is 5.75 Å². The van der Waals surface area contributed by atoms with Crippen molar-refractivity contribution in [2.45, 2.75) is 0 Å². The summed E-state index contributed by atoms with van der Waals surface area (Å²) in [4.78, 5) is 4.14. The van der Waals surface area contributed by atoms with E-state index in [2.05, 4.69) is 50.2 Å². The van der Waals surface area contributed by atoms with Crippen molar-refractivity contribution in [3.63, 3.8) is 0 Å². The Morgan fingerprint density at radius 1 is 1.21 bits per heavy atom. The maximum atomic E-state index is 9.71. The van der Waals surface area contributed by atoms with Crippen molar-refractivity contribution in [3.8, 4) is 5.75 Å². The van der Waals surface area contributed by atoms with E-state index in [1.54, 1.807) is 6.20 Å². The van der Waals surface area contributed by atoms with Crippen molar-refractivity contribution in [2.24, 2.45) is 0 Å². The van der Waals surface area contributed by atoms with Gasteiger partial charge in [0.1, 0.15) is 5.52 Å². The summed E-state index contributed by atoms with van der Waals surface area (Å²) in [6, 6.07) is 5.77. The second-order valence-electron chi connectivity index (χ2n) is 2.59. The monoisotopic (exact) mass is 460 g/mol. The molecule has 1 aromatic carbocycles. The molecule has 2 aromatic rings. The Kier molecular flexibility index (Phi) is 4.42. The average Bonchev–Trinajstić information content (AvgIpc) is 2.15. The van der Waals surface area contributed by atoms with Gasteiger partial charge in [-0.3, -0.25) is 4.98 Å². The second-order valence-corrected chi connectivity index (χ2v) is 4.91. The van der Waals surface area contributed by atoms with Crippen molar-refractivity contribution in [2.75, 3.05) is 0 Å². The molecule has 1 aromatic heterocycles. The second kappa shape index (κ2) is 4.96. The molecular weight excluding hydrogens is 455 g/mol. The molecule has 0 amide bonds. The number of aromatic nitrogens is 1. The van der Waals surface area contributed by atoms with E-state index in [1.165, 1.54) is 0 Å². The molecule has 1 radical (unpaired) electrons. The van der Waals surface area contributed by atoms with Gasteiger partial charge in [-0.2, -0.15) is 0 Å². The largest absolute Gasteiger partial charge is 2.00 e. The van der Waals surface area contributed by atoms with Crippen LogP contribution in [0.15, 0.2) is 24.4 Å². The zero-order chi connectivity index (χ0) is 9.42. The van der Waals surface area contributed by atoms with Crippen LogP contribution < -0.4 is 0 Å². The third-order valence-electron chi connectivity index (χ3n) is 1.77. The van der Waals surface area contributed by atoms with Crippen molar-refractivity contribution in [1.82, 2.24) is 4.98 Å². The molecule has 0 atom stereocenters. The molecule has 0 spiro atoms. The van der Waals surface area contributed by atoms with Crippen LogP contribution in [-0.2, 0) is 17.1 Å². The molecule has 0 saturated carbocycles. The van der Waals surface area contributed by atoms with Gasteiger partial charge >= 0.3 is 17.1 Å². The van der Waals surface area contributed by atoms with E-state index in [0.717, 1.165) is 12.5 Å². The fourth-order valence-electron chi connectivity index (χ4n) is 1.16. The van der Waals surface area contributed by atoms with Gasteiger partial charge in [0.05, 0.1) is 3.57 Å². The molecule has 0 fully saturated rings. The predicted molar refractivity (Wildman–Crippen MR) is 68.8 cm³/mol. The molecule has 0 bridgehead atoms. The van der Waals surface area contributed by atoms with E-state index >= 15 is 0 Å². The first-order valence-corrected chi connectivity index (χ1v) is 5.77. The summed E-state index contributed by atoms with van der Waals surface area (Å²) in [5.41, 5.74) is 0.679. The Morgan fingerprint density at radius 3 is 2.64 bits per heavy atom. The van der Waals surface area contributed by atoms with E-state index in [-0.39, 0.29) is 22.8 Å². The summed E-state index contributed by atoms with van der Waals surface area (Å²) in [5, 5.41) is 10.7. The van der Waals surface area contributed by atoms with Crippen LogP contribution in [0.3, 0.4) is 0 Å². The Labute approximate surface area is 119 Å². The minimum absolute atomic E-state index is 0. The first-order chi connectivity index (χ1) is 6.20. The van der Waals surface area contributed by atoms with Crippen LogP contribution in [0.1, 0.15) is 0 Å². The number of phenolic OH excluding ortho intramolecular Hbond substituents is 1. The molecule has 1 N–H and O–H groups in total. The first kappa shape index (κ1) is 12.5. The quantitative estimate of drug-likeness (QED) is 0.484. The molecular formula is C9H5CuI2NO+2. The zero-order valence-electron chi connectivity index (χ0n) is 6.76. The van der Waals surface area contributed by atoms with Crippen LogP contribution in [0.4, 0.5) is 0 Å². The van der Waals surface area contributed by atoms with E-state index in [9.17, 15) is 5.11 Å². The van der Waals surface area contributed by atoms with Gasteiger partial charge in [-0.05, 0) is 57.3 Å². The number of nitrogens with zero attached hydrogens (tertiary/aromatic N) is 1. The average molecular weight is 460 g/mol. The Hall–Kier alpha value is 0.409. The van der Waals surface area contributed by atoms with Crippen LogP contribution in [-0.4, -0.2) is 10.1 Å². The first-order valence-electron chi connectivity index (χ1n) is 3.62. The summed E-state index contributed by atoms with van der Waals surface area (Å²) in [5.74, 6) is 0.275. The molecule has 0 saturated heterocycles. The van der Waals surface area contributed by atoms with Gasteiger partial charge in [-0.1, -0.05) is 6.07 Å². The number of rotatable bonds is 0. The van der Waals surface area contributed by atoms with Crippen molar-refractivity contribution in [3.05, 3.63) is 31.5 Å². The molecule has 2 rings (SSSR count). The van der Waals surface area contributed by atoms with Crippen LogP contribution in [0.25, 0.3) is 10.9 Å². The van der Waals surface area contributed by atoms with Gasteiger partial charge in [-0.15, -0.1) is 0 Å². The number of hydrogen-bond donors (Lipinski definition) is 1. The van der Waals surface area contributed by atoms with Gasteiger partial charge in [0.15, 0.2) is 5.75 Å². The normalized spacial score (nSPS) is 9.86. The molecule has 2 nitrogen and oxygen atoms in total. The zero-order valence-corrected chi connectivity index (χ0v) is 12.0.